The van der Waals surface area contributed by atoms with Crippen molar-refractivity contribution in [3.63, 3.8) is 0 Å². The number of fused-ring (bicyclic) bond motifs is 1. The first-order valence-corrected chi connectivity index (χ1v) is 9.46. The fourth-order valence-corrected chi connectivity index (χ4v) is 4.99. The Morgan fingerprint density at radius 3 is 2.78 bits per heavy atom. The zero-order valence-electron chi connectivity index (χ0n) is 13.6. The standard InChI is InChI=1S/C16H23N3O3S/c1-12(20)19-9-7-13-10-15(5-6-16(13)19)23(21,22)18-8-3-4-14(11-18)17-2/h5-6,10,14,17H,3-4,7-9,11H2,1-2H3. The summed E-state index contributed by atoms with van der Waals surface area (Å²) in [6.45, 7) is 3.23. The number of piperidine rings is 1. The second-order valence-electron chi connectivity index (χ2n) is 6.20. The summed E-state index contributed by atoms with van der Waals surface area (Å²) in [6.07, 6.45) is 2.57. The fraction of sp³-hybridized carbons (Fsp3) is 0.562. The summed E-state index contributed by atoms with van der Waals surface area (Å²) in [5.41, 5.74) is 1.77. The molecule has 7 heteroatoms. The first kappa shape index (κ1) is 16.4. The number of nitrogens with one attached hydrogen (secondary N) is 1. The number of anilines is 1. The topological polar surface area (TPSA) is 69.7 Å². The minimum absolute atomic E-state index is 0.00718. The van der Waals surface area contributed by atoms with Crippen LogP contribution < -0.4 is 10.2 Å². The molecule has 23 heavy (non-hydrogen) atoms. The number of benzene rings is 1. The predicted octanol–water partition coefficient (Wildman–Crippen LogP) is 0.968. The van der Waals surface area contributed by atoms with E-state index < -0.39 is 10.0 Å². The van der Waals surface area contributed by atoms with Gasteiger partial charge in [-0.1, -0.05) is 0 Å². The molecule has 1 unspecified atom stereocenters. The van der Waals surface area contributed by atoms with Crippen molar-refractivity contribution >= 4 is 21.6 Å². The lowest BCUT2D eigenvalue weighted by atomic mass is 10.1. The average Bonchev–Trinajstić information content (AvgIpc) is 2.98. The zero-order valence-corrected chi connectivity index (χ0v) is 14.4. The molecular formula is C16H23N3O3S. The molecule has 1 aromatic rings. The third kappa shape index (κ3) is 3.00. The smallest absolute Gasteiger partial charge is 0.243 e. The number of nitrogens with zero attached hydrogens (tertiary/aromatic N) is 2. The predicted molar refractivity (Wildman–Crippen MR) is 89.0 cm³/mol. The lowest BCUT2D eigenvalue weighted by Gasteiger charge is -2.31. The molecule has 1 aromatic carbocycles. The van der Waals surface area contributed by atoms with Crippen molar-refractivity contribution in [2.45, 2.75) is 37.1 Å². The molecule has 1 atom stereocenters. The van der Waals surface area contributed by atoms with E-state index in [1.165, 1.54) is 6.92 Å². The van der Waals surface area contributed by atoms with Gasteiger partial charge in [-0.25, -0.2) is 8.42 Å². The highest BCUT2D eigenvalue weighted by atomic mass is 32.2. The van der Waals surface area contributed by atoms with Crippen LogP contribution in [0.5, 0.6) is 0 Å². The summed E-state index contributed by atoms with van der Waals surface area (Å²) < 4.78 is 27.3. The van der Waals surface area contributed by atoms with Crippen LogP contribution >= 0.6 is 0 Å². The molecule has 0 saturated carbocycles. The Morgan fingerprint density at radius 1 is 1.30 bits per heavy atom. The number of hydrogen-bond acceptors (Lipinski definition) is 4. The van der Waals surface area contributed by atoms with Crippen molar-refractivity contribution in [2.24, 2.45) is 0 Å². The van der Waals surface area contributed by atoms with Crippen LogP contribution in [0.15, 0.2) is 23.1 Å². The van der Waals surface area contributed by atoms with E-state index in [-0.39, 0.29) is 11.9 Å². The van der Waals surface area contributed by atoms with Crippen molar-refractivity contribution in [3.8, 4) is 0 Å². The SMILES string of the molecule is CNC1CCCN(S(=O)(=O)c2ccc3c(c2)CCN3C(C)=O)C1. The van der Waals surface area contributed by atoms with Crippen molar-refractivity contribution in [1.29, 1.82) is 0 Å². The normalized spacial score (nSPS) is 22.2. The fourth-order valence-electron chi connectivity index (χ4n) is 3.41. The molecule has 1 saturated heterocycles. The number of carbonyl (C=O) groups is 1. The Morgan fingerprint density at radius 2 is 2.09 bits per heavy atom. The summed E-state index contributed by atoms with van der Waals surface area (Å²) >= 11 is 0. The van der Waals surface area contributed by atoms with E-state index in [0.717, 1.165) is 24.1 Å². The van der Waals surface area contributed by atoms with Gasteiger partial charge in [-0.05, 0) is 50.1 Å². The molecule has 0 bridgehead atoms. The van der Waals surface area contributed by atoms with Gasteiger partial charge in [0.15, 0.2) is 0 Å². The van der Waals surface area contributed by atoms with E-state index in [2.05, 4.69) is 5.32 Å². The van der Waals surface area contributed by atoms with E-state index in [4.69, 9.17) is 0 Å². The van der Waals surface area contributed by atoms with E-state index in [9.17, 15) is 13.2 Å². The van der Waals surface area contributed by atoms with Gasteiger partial charge >= 0.3 is 0 Å². The van der Waals surface area contributed by atoms with E-state index in [1.807, 2.05) is 7.05 Å². The quantitative estimate of drug-likeness (QED) is 0.892. The highest BCUT2D eigenvalue weighted by Crippen LogP contribution is 2.31. The maximum Gasteiger partial charge on any atom is 0.243 e. The van der Waals surface area contributed by atoms with Gasteiger partial charge in [0, 0.05) is 38.3 Å². The number of amides is 1. The Bertz CT molecular complexity index is 717. The highest BCUT2D eigenvalue weighted by molar-refractivity contribution is 7.89. The van der Waals surface area contributed by atoms with Crippen molar-refractivity contribution < 1.29 is 13.2 Å². The molecule has 1 amide bonds. The van der Waals surface area contributed by atoms with Crippen LogP contribution in [-0.4, -0.2) is 51.4 Å². The van der Waals surface area contributed by atoms with Gasteiger partial charge < -0.3 is 10.2 Å². The largest absolute Gasteiger partial charge is 0.316 e. The van der Waals surface area contributed by atoms with Gasteiger partial charge in [0.05, 0.1) is 4.90 Å². The lowest BCUT2D eigenvalue weighted by Crippen LogP contribution is -2.46. The van der Waals surface area contributed by atoms with Crippen molar-refractivity contribution in [1.82, 2.24) is 9.62 Å². The van der Waals surface area contributed by atoms with Crippen molar-refractivity contribution in [3.05, 3.63) is 23.8 Å². The monoisotopic (exact) mass is 337 g/mol. The Hall–Kier alpha value is -1.44. The molecule has 6 nitrogen and oxygen atoms in total. The van der Waals surface area contributed by atoms with E-state index in [1.54, 1.807) is 27.4 Å². The minimum atomic E-state index is -3.47. The molecule has 0 aromatic heterocycles. The molecule has 1 N–H and O–H groups in total. The zero-order chi connectivity index (χ0) is 16.6. The summed E-state index contributed by atoms with van der Waals surface area (Å²) in [4.78, 5) is 13.6. The van der Waals surface area contributed by atoms with Gasteiger partial charge in [-0.3, -0.25) is 4.79 Å². The van der Waals surface area contributed by atoms with Crippen LogP contribution in [0.4, 0.5) is 5.69 Å². The summed E-state index contributed by atoms with van der Waals surface area (Å²) in [5.74, 6) is -0.00718. The van der Waals surface area contributed by atoms with Gasteiger partial charge in [0.2, 0.25) is 15.9 Å². The lowest BCUT2D eigenvalue weighted by molar-refractivity contribution is -0.116. The average molecular weight is 337 g/mol. The van der Waals surface area contributed by atoms with E-state index >= 15 is 0 Å². The van der Waals surface area contributed by atoms with Crippen LogP contribution in [0.2, 0.25) is 0 Å². The maximum absolute atomic E-state index is 12.9. The summed E-state index contributed by atoms with van der Waals surface area (Å²) in [6, 6.07) is 5.33. The van der Waals surface area contributed by atoms with Gasteiger partial charge in [0.25, 0.3) is 0 Å². The van der Waals surface area contributed by atoms with Gasteiger partial charge in [-0.2, -0.15) is 4.31 Å². The molecule has 0 radical (unpaired) electrons. The van der Waals surface area contributed by atoms with E-state index in [0.29, 0.717) is 31.0 Å². The second kappa shape index (κ2) is 6.22. The minimum Gasteiger partial charge on any atom is -0.316 e. The highest BCUT2D eigenvalue weighted by Gasteiger charge is 2.31. The molecular weight excluding hydrogens is 314 g/mol. The van der Waals surface area contributed by atoms with Crippen LogP contribution in [-0.2, 0) is 21.2 Å². The molecule has 0 aliphatic carbocycles. The maximum atomic E-state index is 12.9. The first-order valence-electron chi connectivity index (χ1n) is 8.02. The molecule has 2 aliphatic rings. The summed E-state index contributed by atoms with van der Waals surface area (Å²) in [7, 11) is -1.61. The number of sulfonamides is 1. The first-order chi connectivity index (χ1) is 10.9. The van der Waals surface area contributed by atoms with Crippen molar-refractivity contribution in [2.75, 3.05) is 31.6 Å². The molecule has 126 valence electrons. The van der Waals surface area contributed by atoms with Crippen LogP contribution in [0, 0.1) is 0 Å². The van der Waals surface area contributed by atoms with Crippen LogP contribution in [0.25, 0.3) is 0 Å². The molecule has 3 rings (SSSR count). The molecule has 1 fully saturated rings. The second-order valence-corrected chi connectivity index (χ2v) is 8.14. The number of rotatable bonds is 3. The van der Waals surface area contributed by atoms with Crippen LogP contribution in [0.3, 0.4) is 0 Å². The Labute approximate surface area is 137 Å². The Kier molecular flexibility index (Phi) is 4.44. The summed E-state index contributed by atoms with van der Waals surface area (Å²) in [5, 5.41) is 3.17. The third-order valence-electron chi connectivity index (χ3n) is 4.76. The number of likely N-dealkylation sites (N-methyl/N-ethyl adjacent to an activating group) is 1. The number of hydrogen-bond donors (Lipinski definition) is 1. The van der Waals surface area contributed by atoms with Gasteiger partial charge in [0.1, 0.15) is 0 Å². The molecule has 2 heterocycles. The third-order valence-corrected chi connectivity index (χ3v) is 6.62. The van der Waals surface area contributed by atoms with Crippen LogP contribution in [0.1, 0.15) is 25.3 Å². The molecule has 2 aliphatic heterocycles. The Balaban J connectivity index is 1.88. The number of carbonyl (C=O) groups excluding carboxylic acids is 1. The van der Waals surface area contributed by atoms with Gasteiger partial charge in [-0.15, -0.1) is 0 Å². The molecule has 0 spiro atoms.